The number of carbonyl (C=O) groups excluding carboxylic acids is 2. The average molecular weight is 484 g/mol. The summed E-state index contributed by atoms with van der Waals surface area (Å²) in [4.78, 5) is 28.5. The Balaban J connectivity index is 1.98. The molecule has 0 spiro atoms. The van der Waals surface area contributed by atoms with Gasteiger partial charge >= 0.3 is 0 Å². The normalized spacial score (nSPS) is 17.5. The fourth-order valence-electron chi connectivity index (χ4n) is 4.56. The molecule has 0 bridgehead atoms. The minimum Gasteiger partial charge on any atom is -0.507 e. The summed E-state index contributed by atoms with van der Waals surface area (Å²) in [6.45, 7) is 12.1. The number of benzene rings is 3. The van der Waals surface area contributed by atoms with E-state index in [1.165, 1.54) is 4.90 Å². The summed E-state index contributed by atoms with van der Waals surface area (Å²) in [7, 11) is 1.58. The zero-order chi connectivity index (χ0) is 26.4. The van der Waals surface area contributed by atoms with E-state index in [9.17, 15) is 14.7 Å². The van der Waals surface area contributed by atoms with Crippen molar-refractivity contribution < 1.29 is 19.4 Å². The molecule has 0 saturated carbocycles. The molecule has 0 aromatic heterocycles. The molecule has 0 aliphatic carbocycles. The molecule has 1 saturated heterocycles. The topological polar surface area (TPSA) is 66.8 Å². The molecule has 1 fully saturated rings. The highest BCUT2D eigenvalue weighted by atomic mass is 16.5. The molecule has 3 aromatic carbocycles. The minimum atomic E-state index is -0.782. The van der Waals surface area contributed by atoms with E-state index in [1.807, 2.05) is 69.3 Å². The van der Waals surface area contributed by atoms with Crippen LogP contribution in [0.3, 0.4) is 0 Å². The standard InChI is InChI=1S/C31H33NO4/c1-18-9-13-23(16-20(18)3)32-27(21-10-14-24(36-7)15-11-21)26(29(34)30(32)35)28(33)25-17-22(31(4,5)6)12-8-19(25)2/h8-17,27,33H,1-7H3/b28-26+. The lowest BCUT2D eigenvalue weighted by atomic mass is 9.84. The molecule has 1 aliphatic heterocycles. The molecular formula is C31H33NO4. The van der Waals surface area contributed by atoms with Crippen molar-refractivity contribution in [1.29, 1.82) is 0 Å². The molecular weight excluding hydrogens is 450 g/mol. The van der Waals surface area contributed by atoms with Crippen molar-refractivity contribution in [3.05, 3.63) is 99.6 Å². The fraction of sp³-hybridized carbons (Fsp3) is 0.290. The second-order valence-corrected chi connectivity index (χ2v) is 10.5. The Morgan fingerprint density at radius 3 is 2.08 bits per heavy atom. The highest BCUT2D eigenvalue weighted by molar-refractivity contribution is 6.51. The largest absolute Gasteiger partial charge is 0.507 e. The Kier molecular flexibility index (Phi) is 6.52. The van der Waals surface area contributed by atoms with Crippen molar-refractivity contribution in [2.75, 3.05) is 12.0 Å². The Morgan fingerprint density at radius 2 is 1.50 bits per heavy atom. The number of Topliss-reactive ketones (excluding diaryl/α,β-unsaturated/α-hetero) is 1. The van der Waals surface area contributed by atoms with Gasteiger partial charge in [-0.3, -0.25) is 14.5 Å². The maximum Gasteiger partial charge on any atom is 0.300 e. The van der Waals surface area contributed by atoms with Crippen LogP contribution in [0.4, 0.5) is 5.69 Å². The molecule has 1 atom stereocenters. The molecule has 1 heterocycles. The zero-order valence-corrected chi connectivity index (χ0v) is 22.0. The van der Waals surface area contributed by atoms with E-state index in [1.54, 1.807) is 19.2 Å². The van der Waals surface area contributed by atoms with E-state index in [2.05, 4.69) is 20.8 Å². The highest BCUT2D eigenvalue weighted by Gasteiger charge is 2.47. The number of carbonyl (C=O) groups is 2. The van der Waals surface area contributed by atoms with E-state index in [0.717, 1.165) is 22.3 Å². The van der Waals surface area contributed by atoms with Crippen molar-refractivity contribution in [3.8, 4) is 5.75 Å². The molecule has 5 nitrogen and oxygen atoms in total. The predicted molar refractivity (Wildman–Crippen MR) is 144 cm³/mol. The van der Waals surface area contributed by atoms with E-state index in [0.29, 0.717) is 22.6 Å². The molecule has 1 unspecified atom stereocenters. The van der Waals surface area contributed by atoms with Crippen molar-refractivity contribution >= 4 is 23.1 Å². The minimum absolute atomic E-state index is 0.0811. The van der Waals surface area contributed by atoms with Gasteiger partial charge in [0.1, 0.15) is 11.5 Å². The number of anilines is 1. The van der Waals surface area contributed by atoms with Crippen molar-refractivity contribution in [3.63, 3.8) is 0 Å². The first-order valence-electron chi connectivity index (χ1n) is 12.1. The van der Waals surface area contributed by atoms with Crippen LogP contribution >= 0.6 is 0 Å². The van der Waals surface area contributed by atoms with Crippen LogP contribution in [0.25, 0.3) is 5.76 Å². The van der Waals surface area contributed by atoms with Crippen LogP contribution in [-0.2, 0) is 15.0 Å². The van der Waals surface area contributed by atoms with Gasteiger partial charge in [0.2, 0.25) is 0 Å². The van der Waals surface area contributed by atoms with Crippen molar-refractivity contribution in [1.82, 2.24) is 0 Å². The Hall–Kier alpha value is -3.86. The first-order valence-corrected chi connectivity index (χ1v) is 12.1. The van der Waals surface area contributed by atoms with Gasteiger partial charge in [-0.25, -0.2) is 0 Å². The lowest BCUT2D eigenvalue weighted by Gasteiger charge is -2.26. The van der Waals surface area contributed by atoms with Crippen LogP contribution in [0.1, 0.15) is 60.2 Å². The zero-order valence-electron chi connectivity index (χ0n) is 22.0. The number of ketones is 1. The first kappa shape index (κ1) is 25.2. The van der Waals surface area contributed by atoms with Crippen LogP contribution < -0.4 is 9.64 Å². The van der Waals surface area contributed by atoms with E-state index >= 15 is 0 Å². The maximum absolute atomic E-state index is 13.5. The number of amides is 1. The molecule has 186 valence electrons. The number of rotatable bonds is 4. The van der Waals surface area contributed by atoms with E-state index in [-0.39, 0.29) is 16.7 Å². The third-order valence-corrected chi connectivity index (χ3v) is 7.00. The number of ether oxygens (including phenoxy) is 1. The summed E-state index contributed by atoms with van der Waals surface area (Å²) in [5.41, 5.74) is 5.76. The molecule has 1 N–H and O–H groups in total. The number of aryl methyl sites for hydroxylation is 3. The molecule has 0 radical (unpaired) electrons. The van der Waals surface area contributed by atoms with Crippen LogP contribution in [0.5, 0.6) is 5.75 Å². The second-order valence-electron chi connectivity index (χ2n) is 10.5. The Bertz CT molecular complexity index is 1380. The molecule has 1 amide bonds. The third kappa shape index (κ3) is 4.41. The predicted octanol–water partition coefficient (Wildman–Crippen LogP) is 6.54. The average Bonchev–Trinajstić information content (AvgIpc) is 3.10. The molecule has 5 heteroatoms. The summed E-state index contributed by atoms with van der Waals surface area (Å²) in [6.07, 6.45) is 0. The Morgan fingerprint density at radius 1 is 0.861 bits per heavy atom. The highest BCUT2D eigenvalue weighted by Crippen LogP contribution is 2.43. The van der Waals surface area contributed by atoms with Gasteiger partial charge in [0.15, 0.2) is 0 Å². The number of methoxy groups -OCH3 is 1. The monoisotopic (exact) mass is 483 g/mol. The maximum atomic E-state index is 13.5. The van der Waals surface area contributed by atoms with Crippen LogP contribution in [0.2, 0.25) is 0 Å². The lowest BCUT2D eigenvalue weighted by molar-refractivity contribution is -0.132. The Labute approximate surface area is 213 Å². The van der Waals surface area contributed by atoms with Gasteiger partial charge in [0.25, 0.3) is 11.7 Å². The van der Waals surface area contributed by atoms with Crippen LogP contribution in [0.15, 0.2) is 66.2 Å². The van der Waals surface area contributed by atoms with Crippen molar-refractivity contribution in [2.45, 2.75) is 53.0 Å². The summed E-state index contributed by atoms with van der Waals surface area (Å²) in [5.74, 6) is -0.864. The van der Waals surface area contributed by atoms with Crippen molar-refractivity contribution in [2.24, 2.45) is 0 Å². The molecule has 4 rings (SSSR count). The molecule has 3 aromatic rings. The van der Waals surface area contributed by atoms with Gasteiger partial charge in [-0.1, -0.05) is 51.1 Å². The second kappa shape index (κ2) is 9.30. The van der Waals surface area contributed by atoms with Gasteiger partial charge in [-0.2, -0.15) is 0 Å². The summed E-state index contributed by atoms with van der Waals surface area (Å²) in [5, 5.41) is 11.6. The quantitative estimate of drug-likeness (QED) is 0.260. The molecule has 1 aliphatic rings. The third-order valence-electron chi connectivity index (χ3n) is 7.00. The van der Waals surface area contributed by atoms with Gasteiger partial charge in [0.05, 0.1) is 18.7 Å². The molecule has 36 heavy (non-hydrogen) atoms. The van der Waals surface area contributed by atoms with Gasteiger partial charge < -0.3 is 9.84 Å². The summed E-state index contributed by atoms with van der Waals surface area (Å²) in [6, 6.07) is 18.0. The number of nitrogens with zero attached hydrogens (tertiary/aromatic N) is 1. The summed E-state index contributed by atoms with van der Waals surface area (Å²) >= 11 is 0. The SMILES string of the molecule is COc1ccc(C2/C(=C(\O)c3cc(C(C)(C)C)ccc3C)C(=O)C(=O)N2c2ccc(C)c(C)c2)cc1. The van der Waals surface area contributed by atoms with E-state index < -0.39 is 17.7 Å². The number of hydrogen-bond donors (Lipinski definition) is 1. The van der Waals surface area contributed by atoms with Crippen LogP contribution in [0, 0.1) is 20.8 Å². The van der Waals surface area contributed by atoms with Gasteiger partial charge in [0, 0.05) is 11.3 Å². The lowest BCUT2D eigenvalue weighted by Crippen LogP contribution is -2.29. The van der Waals surface area contributed by atoms with Gasteiger partial charge in [-0.05, 0) is 84.3 Å². The van der Waals surface area contributed by atoms with Gasteiger partial charge in [-0.15, -0.1) is 0 Å². The van der Waals surface area contributed by atoms with E-state index in [4.69, 9.17) is 4.74 Å². The van der Waals surface area contributed by atoms with Crippen LogP contribution in [-0.4, -0.2) is 23.9 Å². The number of aliphatic hydroxyl groups is 1. The first-order chi connectivity index (χ1) is 16.9. The smallest absolute Gasteiger partial charge is 0.300 e. The number of aliphatic hydroxyl groups excluding tert-OH is 1. The summed E-state index contributed by atoms with van der Waals surface area (Å²) < 4.78 is 5.31. The number of hydrogen-bond acceptors (Lipinski definition) is 4. The fourth-order valence-corrected chi connectivity index (χ4v) is 4.56.